The van der Waals surface area contributed by atoms with Gasteiger partial charge >= 0.3 is 0 Å². The Kier molecular flexibility index (Phi) is 5.01. The molecule has 2 heterocycles. The molecule has 1 amide bonds. The summed E-state index contributed by atoms with van der Waals surface area (Å²) >= 11 is 5.03. The third kappa shape index (κ3) is 3.70. The van der Waals surface area contributed by atoms with Gasteiger partial charge in [0.15, 0.2) is 5.11 Å². The van der Waals surface area contributed by atoms with E-state index in [9.17, 15) is 4.79 Å². The molecule has 0 unspecified atom stereocenters. The van der Waals surface area contributed by atoms with Crippen molar-refractivity contribution in [2.24, 2.45) is 0 Å². The molecule has 8 heteroatoms. The van der Waals surface area contributed by atoms with E-state index in [1.54, 1.807) is 25.0 Å². The fraction of sp³-hybridized carbons (Fsp3) is 0.0952. The highest BCUT2D eigenvalue weighted by Gasteiger charge is 2.23. The molecule has 2 aromatic carbocycles. The molecule has 0 saturated carbocycles. The van der Waals surface area contributed by atoms with Crippen LogP contribution in [0.5, 0.6) is 11.5 Å². The number of carbonyl (C=O) groups excluding carboxylic acids is 1. The van der Waals surface area contributed by atoms with Gasteiger partial charge in [-0.1, -0.05) is 18.2 Å². The first kappa shape index (κ1) is 18.7. The number of ether oxygens (including phenoxy) is 2. The van der Waals surface area contributed by atoms with Gasteiger partial charge in [0.05, 0.1) is 19.9 Å². The predicted octanol–water partition coefficient (Wildman–Crippen LogP) is 2.90. The van der Waals surface area contributed by atoms with Gasteiger partial charge in [0.25, 0.3) is 5.91 Å². The fourth-order valence-corrected chi connectivity index (χ4v) is 3.25. The molecule has 0 atom stereocenters. The van der Waals surface area contributed by atoms with Crippen LogP contribution in [0.2, 0.25) is 0 Å². The summed E-state index contributed by atoms with van der Waals surface area (Å²) in [6, 6.07) is 15.2. The van der Waals surface area contributed by atoms with Crippen LogP contribution in [-0.2, 0) is 4.79 Å². The maximum Gasteiger partial charge on any atom is 0.273 e. The molecule has 1 aliphatic rings. The van der Waals surface area contributed by atoms with Gasteiger partial charge in [0, 0.05) is 17.3 Å². The SMILES string of the molecule is COc1ccc(OC)c(-c2nn(-c3ccccc3)cc2/C=C2\NC(=S)NC2=O)c1. The third-order valence-corrected chi connectivity index (χ3v) is 4.65. The van der Waals surface area contributed by atoms with E-state index in [2.05, 4.69) is 10.6 Å². The minimum absolute atomic E-state index is 0.275. The number of aromatic nitrogens is 2. The second-order valence-electron chi connectivity index (χ2n) is 6.25. The number of methoxy groups -OCH3 is 2. The fourth-order valence-electron chi connectivity index (χ4n) is 3.05. The van der Waals surface area contributed by atoms with E-state index in [0.717, 1.165) is 16.8 Å². The van der Waals surface area contributed by atoms with Gasteiger partial charge in [-0.3, -0.25) is 10.1 Å². The lowest BCUT2D eigenvalue weighted by Gasteiger charge is -2.09. The van der Waals surface area contributed by atoms with E-state index in [4.69, 9.17) is 26.8 Å². The highest BCUT2D eigenvalue weighted by Crippen LogP contribution is 2.35. The van der Waals surface area contributed by atoms with Crippen molar-refractivity contribution in [1.82, 2.24) is 20.4 Å². The van der Waals surface area contributed by atoms with Gasteiger partial charge in [0.1, 0.15) is 22.9 Å². The quantitative estimate of drug-likeness (QED) is 0.501. The molecule has 2 N–H and O–H groups in total. The number of para-hydroxylation sites is 1. The summed E-state index contributed by atoms with van der Waals surface area (Å²) in [6.45, 7) is 0. The number of hydrogen-bond donors (Lipinski definition) is 2. The lowest BCUT2D eigenvalue weighted by Crippen LogP contribution is -2.21. The van der Waals surface area contributed by atoms with Gasteiger partial charge < -0.3 is 14.8 Å². The molecule has 7 nitrogen and oxygen atoms in total. The molecule has 0 spiro atoms. The normalized spacial score (nSPS) is 14.6. The van der Waals surface area contributed by atoms with Crippen LogP contribution in [0.25, 0.3) is 23.0 Å². The van der Waals surface area contributed by atoms with Crippen molar-refractivity contribution in [1.29, 1.82) is 0 Å². The molecule has 3 aromatic rings. The summed E-state index contributed by atoms with van der Waals surface area (Å²) in [4.78, 5) is 12.1. The summed E-state index contributed by atoms with van der Waals surface area (Å²) in [6.07, 6.45) is 3.57. The van der Waals surface area contributed by atoms with Crippen molar-refractivity contribution < 1.29 is 14.3 Å². The molecular weight excluding hydrogens is 388 g/mol. The molecule has 1 aromatic heterocycles. The number of nitrogens with one attached hydrogen (secondary N) is 2. The molecule has 1 aliphatic heterocycles. The minimum atomic E-state index is -0.286. The molecule has 0 bridgehead atoms. The lowest BCUT2D eigenvalue weighted by atomic mass is 10.1. The summed E-state index contributed by atoms with van der Waals surface area (Å²) in [5, 5.41) is 10.5. The Labute approximate surface area is 172 Å². The zero-order valence-electron chi connectivity index (χ0n) is 15.8. The molecule has 0 aliphatic carbocycles. The van der Waals surface area contributed by atoms with Gasteiger partial charge in [-0.25, -0.2) is 4.68 Å². The standard InChI is InChI=1S/C21H18N4O3S/c1-27-15-8-9-18(28-2)16(11-15)19-13(10-17-20(26)23-21(29)22-17)12-25(24-19)14-6-4-3-5-7-14/h3-12H,1-2H3,(H2,22,23,26,29)/b17-10-. The van der Waals surface area contributed by atoms with Crippen LogP contribution in [0, 0.1) is 0 Å². The first-order chi connectivity index (χ1) is 14.1. The Morgan fingerprint density at radius 3 is 2.52 bits per heavy atom. The van der Waals surface area contributed by atoms with Crippen molar-refractivity contribution in [3.63, 3.8) is 0 Å². The van der Waals surface area contributed by atoms with Crippen LogP contribution in [-0.4, -0.2) is 35.0 Å². The molecule has 1 fully saturated rings. The number of amides is 1. The van der Waals surface area contributed by atoms with Crippen molar-refractivity contribution in [2.45, 2.75) is 0 Å². The monoisotopic (exact) mass is 406 g/mol. The summed E-state index contributed by atoms with van der Waals surface area (Å²) < 4.78 is 12.7. The number of carbonyl (C=O) groups is 1. The largest absolute Gasteiger partial charge is 0.497 e. The average molecular weight is 406 g/mol. The molecule has 4 rings (SSSR count). The zero-order valence-corrected chi connectivity index (χ0v) is 16.6. The topological polar surface area (TPSA) is 77.4 Å². The molecule has 146 valence electrons. The van der Waals surface area contributed by atoms with Gasteiger partial charge in [-0.05, 0) is 48.6 Å². The number of nitrogens with zero attached hydrogens (tertiary/aromatic N) is 2. The lowest BCUT2D eigenvalue weighted by molar-refractivity contribution is -0.115. The first-order valence-electron chi connectivity index (χ1n) is 8.80. The number of hydrogen-bond acceptors (Lipinski definition) is 5. The minimum Gasteiger partial charge on any atom is -0.497 e. The van der Waals surface area contributed by atoms with Crippen LogP contribution >= 0.6 is 12.2 Å². The van der Waals surface area contributed by atoms with Crippen molar-refractivity contribution >= 4 is 29.3 Å². The van der Waals surface area contributed by atoms with E-state index in [1.807, 2.05) is 54.7 Å². The zero-order chi connectivity index (χ0) is 20.4. The van der Waals surface area contributed by atoms with E-state index < -0.39 is 0 Å². The van der Waals surface area contributed by atoms with Crippen LogP contribution in [0.1, 0.15) is 5.56 Å². The first-order valence-corrected chi connectivity index (χ1v) is 9.21. The highest BCUT2D eigenvalue weighted by molar-refractivity contribution is 7.80. The van der Waals surface area contributed by atoms with E-state index >= 15 is 0 Å². The van der Waals surface area contributed by atoms with Gasteiger partial charge in [-0.2, -0.15) is 5.10 Å². The van der Waals surface area contributed by atoms with Crippen LogP contribution < -0.4 is 20.1 Å². The number of benzene rings is 2. The van der Waals surface area contributed by atoms with Crippen LogP contribution in [0.15, 0.2) is 60.4 Å². The molecule has 29 heavy (non-hydrogen) atoms. The molecular formula is C21H18N4O3S. The Balaban J connectivity index is 1.91. The Hall–Kier alpha value is -3.65. The Morgan fingerprint density at radius 2 is 1.86 bits per heavy atom. The highest BCUT2D eigenvalue weighted by atomic mass is 32.1. The van der Waals surface area contributed by atoms with E-state index in [-0.39, 0.29) is 11.0 Å². The number of rotatable bonds is 5. The van der Waals surface area contributed by atoms with Gasteiger partial charge in [0.2, 0.25) is 0 Å². The third-order valence-electron chi connectivity index (χ3n) is 4.44. The average Bonchev–Trinajstić information content (AvgIpc) is 3.30. The van der Waals surface area contributed by atoms with Crippen molar-refractivity contribution in [2.75, 3.05) is 14.2 Å². The summed E-state index contributed by atoms with van der Waals surface area (Å²) in [7, 11) is 3.20. The van der Waals surface area contributed by atoms with E-state index in [0.29, 0.717) is 22.9 Å². The van der Waals surface area contributed by atoms with E-state index in [1.165, 1.54) is 0 Å². The van der Waals surface area contributed by atoms with Gasteiger partial charge in [-0.15, -0.1) is 0 Å². The molecule has 0 radical (unpaired) electrons. The number of thiocarbonyl (C=S) groups is 1. The molecule has 1 saturated heterocycles. The smallest absolute Gasteiger partial charge is 0.273 e. The van der Waals surface area contributed by atoms with Crippen LogP contribution in [0.3, 0.4) is 0 Å². The summed E-state index contributed by atoms with van der Waals surface area (Å²) in [5.41, 5.74) is 3.35. The summed E-state index contributed by atoms with van der Waals surface area (Å²) in [5.74, 6) is 1.03. The second-order valence-corrected chi connectivity index (χ2v) is 6.65. The van der Waals surface area contributed by atoms with Crippen LogP contribution in [0.4, 0.5) is 0 Å². The second kappa shape index (κ2) is 7.76. The van der Waals surface area contributed by atoms with Crippen molar-refractivity contribution in [3.8, 4) is 28.4 Å². The van der Waals surface area contributed by atoms with Crippen molar-refractivity contribution in [3.05, 3.63) is 66.0 Å². The predicted molar refractivity (Wildman–Crippen MR) is 114 cm³/mol. The maximum absolute atomic E-state index is 12.1. The maximum atomic E-state index is 12.1. The Bertz CT molecular complexity index is 1120. The Morgan fingerprint density at radius 1 is 1.07 bits per heavy atom.